The van der Waals surface area contributed by atoms with Crippen LogP contribution in [-0.4, -0.2) is 54.0 Å². The van der Waals surface area contributed by atoms with E-state index in [1.54, 1.807) is 11.8 Å². The maximum absolute atomic E-state index is 13.4. The van der Waals surface area contributed by atoms with Gasteiger partial charge < -0.3 is 15.0 Å². The molecule has 1 aliphatic heterocycles. The number of hydrogen-bond acceptors (Lipinski definition) is 4. The molecule has 1 fully saturated rings. The van der Waals surface area contributed by atoms with E-state index in [2.05, 4.69) is 10.3 Å². The lowest BCUT2D eigenvalue weighted by molar-refractivity contribution is -0.136. The van der Waals surface area contributed by atoms with Crippen molar-refractivity contribution < 1.29 is 18.7 Å². The van der Waals surface area contributed by atoms with E-state index < -0.39 is 17.8 Å². The van der Waals surface area contributed by atoms with E-state index in [9.17, 15) is 14.0 Å². The Hall–Kier alpha value is -2.02. The third-order valence-corrected chi connectivity index (χ3v) is 3.06. The molecule has 0 aliphatic carbocycles. The first kappa shape index (κ1) is 14.4. The Morgan fingerprint density at radius 3 is 2.80 bits per heavy atom. The molecule has 2 heterocycles. The van der Waals surface area contributed by atoms with E-state index in [4.69, 9.17) is 4.74 Å². The van der Waals surface area contributed by atoms with Crippen LogP contribution >= 0.6 is 0 Å². The third-order valence-electron chi connectivity index (χ3n) is 3.06. The van der Waals surface area contributed by atoms with Crippen LogP contribution in [0.3, 0.4) is 0 Å². The Bertz CT molecular complexity index is 503. The van der Waals surface area contributed by atoms with Crippen LogP contribution in [0.2, 0.25) is 0 Å². The van der Waals surface area contributed by atoms with Gasteiger partial charge in [-0.25, -0.2) is 4.39 Å². The fourth-order valence-electron chi connectivity index (χ4n) is 1.95. The van der Waals surface area contributed by atoms with Crippen molar-refractivity contribution in [2.75, 3.05) is 26.3 Å². The number of rotatable bonds is 3. The summed E-state index contributed by atoms with van der Waals surface area (Å²) >= 11 is 0. The maximum atomic E-state index is 13.4. The fraction of sp³-hybridized carbons (Fsp3) is 0.462. The van der Waals surface area contributed by atoms with Crippen LogP contribution in [0.5, 0.6) is 0 Å². The van der Waals surface area contributed by atoms with Crippen molar-refractivity contribution >= 4 is 11.8 Å². The van der Waals surface area contributed by atoms with Gasteiger partial charge in [-0.3, -0.25) is 14.6 Å². The third kappa shape index (κ3) is 3.30. The molecule has 2 rings (SSSR count). The van der Waals surface area contributed by atoms with Crippen molar-refractivity contribution in [3.8, 4) is 0 Å². The monoisotopic (exact) mass is 281 g/mol. The summed E-state index contributed by atoms with van der Waals surface area (Å²) in [4.78, 5) is 29.2. The van der Waals surface area contributed by atoms with Crippen molar-refractivity contribution in [1.29, 1.82) is 0 Å². The molecule has 108 valence electrons. The van der Waals surface area contributed by atoms with Crippen molar-refractivity contribution in [3.63, 3.8) is 0 Å². The average Bonchev–Trinajstić information content (AvgIpc) is 2.47. The number of halogens is 1. The number of pyridine rings is 1. The molecule has 7 heteroatoms. The number of amides is 2. The SMILES string of the molecule is CC(NC(=O)c1ccncc1F)C(=O)N1CCOCC1. The first-order valence-corrected chi connectivity index (χ1v) is 6.36. The lowest BCUT2D eigenvalue weighted by Gasteiger charge is -2.29. The minimum atomic E-state index is -0.715. The number of carbonyl (C=O) groups excluding carboxylic acids is 2. The highest BCUT2D eigenvalue weighted by Crippen LogP contribution is 2.06. The number of carbonyl (C=O) groups is 2. The predicted molar refractivity (Wildman–Crippen MR) is 68.5 cm³/mol. The Morgan fingerprint density at radius 1 is 1.45 bits per heavy atom. The number of aromatic nitrogens is 1. The van der Waals surface area contributed by atoms with E-state index in [0.29, 0.717) is 26.3 Å². The Morgan fingerprint density at radius 2 is 2.15 bits per heavy atom. The molecule has 0 radical (unpaired) electrons. The van der Waals surface area contributed by atoms with Gasteiger partial charge in [0.1, 0.15) is 6.04 Å². The zero-order valence-electron chi connectivity index (χ0n) is 11.1. The fourth-order valence-corrected chi connectivity index (χ4v) is 1.95. The predicted octanol–water partition coefficient (Wildman–Crippen LogP) is 0.198. The standard InChI is InChI=1S/C13H16FN3O3/c1-9(13(19)17-4-6-20-7-5-17)16-12(18)10-2-3-15-8-11(10)14/h2-3,8-9H,4-7H2,1H3,(H,16,18). The summed E-state index contributed by atoms with van der Waals surface area (Å²) < 4.78 is 18.6. The number of ether oxygens (including phenoxy) is 1. The van der Waals surface area contributed by atoms with E-state index in [-0.39, 0.29) is 11.5 Å². The van der Waals surface area contributed by atoms with Crippen molar-refractivity contribution in [1.82, 2.24) is 15.2 Å². The van der Waals surface area contributed by atoms with E-state index in [1.165, 1.54) is 12.3 Å². The topological polar surface area (TPSA) is 71.5 Å². The normalized spacial score (nSPS) is 16.6. The smallest absolute Gasteiger partial charge is 0.255 e. The summed E-state index contributed by atoms with van der Waals surface area (Å²) in [6.07, 6.45) is 2.29. The van der Waals surface area contributed by atoms with Crippen molar-refractivity contribution in [3.05, 3.63) is 29.8 Å². The maximum Gasteiger partial charge on any atom is 0.255 e. The van der Waals surface area contributed by atoms with Crippen LogP contribution in [-0.2, 0) is 9.53 Å². The highest BCUT2D eigenvalue weighted by molar-refractivity contribution is 5.97. The van der Waals surface area contributed by atoms with Gasteiger partial charge in [0.25, 0.3) is 5.91 Å². The zero-order valence-corrected chi connectivity index (χ0v) is 11.1. The molecule has 6 nitrogen and oxygen atoms in total. The molecule has 2 amide bonds. The summed E-state index contributed by atoms with van der Waals surface area (Å²) in [5, 5.41) is 2.50. The van der Waals surface area contributed by atoms with Crippen LogP contribution in [0.25, 0.3) is 0 Å². The molecule has 1 N–H and O–H groups in total. The zero-order chi connectivity index (χ0) is 14.5. The molecule has 1 aromatic rings. The summed E-state index contributed by atoms with van der Waals surface area (Å²) in [6, 6.07) is 0.560. The summed E-state index contributed by atoms with van der Waals surface area (Å²) in [5.74, 6) is -1.54. The highest BCUT2D eigenvalue weighted by Gasteiger charge is 2.24. The van der Waals surface area contributed by atoms with E-state index >= 15 is 0 Å². The molecule has 20 heavy (non-hydrogen) atoms. The summed E-state index contributed by atoms with van der Waals surface area (Å²) in [6.45, 7) is 3.57. The number of nitrogens with zero attached hydrogens (tertiary/aromatic N) is 2. The minimum absolute atomic E-state index is 0.123. The molecule has 1 saturated heterocycles. The Balaban J connectivity index is 1.97. The molecule has 0 spiro atoms. The second kappa shape index (κ2) is 6.42. The van der Waals surface area contributed by atoms with Crippen LogP contribution in [0.1, 0.15) is 17.3 Å². The molecule has 0 bridgehead atoms. The second-order valence-electron chi connectivity index (χ2n) is 4.49. The molecule has 1 aromatic heterocycles. The quantitative estimate of drug-likeness (QED) is 0.859. The molecule has 1 unspecified atom stereocenters. The van der Waals surface area contributed by atoms with Crippen LogP contribution in [0.15, 0.2) is 18.5 Å². The molecule has 1 atom stereocenters. The van der Waals surface area contributed by atoms with Crippen LogP contribution in [0.4, 0.5) is 4.39 Å². The lowest BCUT2D eigenvalue weighted by Crippen LogP contribution is -2.50. The van der Waals surface area contributed by atoms with E-state index in [1.807, 2.05) is 0 Å². The van der Waals surface area contributed by atoms with Gasteiger partial charge in [0.2, 0.25) is 5.91 Å². The Kier molecular flexibility index (Phi) is 4.62. The Labute approximate surface area is 115 Å². The van der Waals surface area contributed by atoms with Crippen LogP contribution in [0, 0.1) is 5.82 Å². The van der Waals surface area contributed by atoms with Gasteiger partial charge in [0, 0.05) is 19.3 Å². The second-order valence-corrected chi connectivity index (χ2v) is 4.49. The summed E-state index contributed by atoms with van der Waals surface area (Å²) in [7, 11) is 0. The first-order valence-electron chi connectivity index (χ1n) is 6.36. The van der Waals surface area contributed by atoms with Gasteiger partial charge in [0.15, 0.2) is 5.82 Å². The number of nitrogens with one attached hydrogen (secondary N) is 1. The average molecular weight is 281 g/mol. The number of hydrogen-bond donors (Lipinski definition) is 1. The van der Waals surface area contributed by atoms with Gasteiger partial charge in [-0.2, -0.15) is 0 Å². The molecule has 0 aromatic carbocycles. The molecule has 1 aliphatic rings. The van der Waals surface area contributed by atoms with Gasteiger partial charge in [-0.05, 0) is 13.0 Å². The van der Waals surface area contributed by atoms with Gasteiger partial charge >= 0.3 is 0 Å². The lowest BCUT2D eigenvalue weighted by atomic mass is 10.2. The molecular weight excluding hydrogens is 265 g/mol. The largest absolute Gasteiger partial charge is 0.378 e. The van der Waals surface area contributed by atoms with Gasteiger partial charge in [-0.1, -0.05) is 0 Å². The van der Waals surface area contributed by atoms with Crippen molar-refractivity contribution in [2.45, 2.75) is 13.0 Å². The van der Waals surface area contributed by atoms with Gasteiger partial charge in [-0.15, -0.1) is 0 Å². The highest BCUT2D eigenvalue weighted by atomic mass is 19.1. The van der Waals surface area contributed by atoms with Crippen LogP contribution < -0.4 is 5.32 Å². The van der Waals surface area contributed by atoms with Gasteiger partial charge in [0.05, 0.1) is 25.0 Å². The van der Waals surface area contributed by atoms with Crippen molar-refractivity contribution in [2.24, 2.45) is 0 Å². The van der Waals surface area contributed by atoms with E-state index in [0.717, 1.165) is 6.20 Å². The molecule has 0 saturated carbocycles. The summed E-state index contributed by atoms with van der Waals surface area (Å²) in [5.41, 5.74) is -0.123. The molecular formula is C13H16FN3O3. The first-order chi connectivity index (χ1) is 9.59. The number of morpholine rings is 1. The minimum Gasteiger partial charge on any atom is -0.378 e.